The van der Waals surface area contributed by atoms with Gasteiger partial charge in [-0.3, -0.25) is 4.79 Å². The maximum atomic E-state index is 11.6. The molecule has 0 spiro atoms. The first-order valence-electron chi connectivity index (χ1n) is 4.87. The van der Waals surface area contributed by atoms with E-state index in [4.69, 9.17) is 17.0 Å². The highest BCUT2D eigenvalue weighted by Gasteiger charge is 2.28. The van der Waals surface area contributed by atoms with E-state index in [0.717, 1.165) is 16.9 Å². The summed E-state index contributed by atoms with van der Waals surface area (Å²) in [5.41, 5.74) is 1.88. The van der Waals surface area contributed by atoms with E-state index in [-0.39, 0.29) is 5.91 Å². The maximum Gasteiger partial charge on any atom is 0.253 e. The van der Waals surface area contributed by atoms with Crippen LogP contribution >= 0.6 is 12.2 Å². The molecule has 1 fully saturated rings. The highest BCUT2D eigenvalue weighted by atomic mass is 32.1. The molecule has 1 aliphatic rings. The summed E-state index contributed by atoms with van der Waals surface area (Å²) in [6, 6.07) is 5.24. The molecule has 0 radical (unpaired) electrons. The number of methoxy groups -OCH3 is 1. The summed E-state index contributed by atoms with van der Waals surface area (Å²) < 4.78 is 5.16. The third-order valence-corrected chi connectivity index (χ3v) is 2.75. The van der Waals surface area contributed by atoms with Crippen LogP contribution in [0.3, 0.4) is 0 Å². The van der Waals surface area contributed by atoms with Crippen molar-refractivity contribution >= 4 is 23.2 Å². The Morgan fingerprint density at radius 2 is 2.19 bits per heavy atom. The van der Waals surface area contributed by atoms with E-state index >= 15 is 0 Å². The molecule has 1 amide bonds. The molecule has 84 valence electrons. The van der Waals surface area contributed by atoms with Crippen LogP contribution in [0.15, 0.2) is 18.2 Å². The number of thiocarbonyl (C=S) groups is 1. The molecule has 4 nitrogen and oxygen atoms in total. The lowest BCUT2D eigenvalue weighted by Gasteiger charge is -2.11. The predicted molar refractivity (Wildman–Crippen MR) is 64.3 cm³/mol. The minimum Gasteiger partial charge on any atom is -0.496 e. The van der Waals surface area contributed by atoms with E-state index in [9.17, 15) is 4.79 Å². The summed E-state index contributed by atoms with van der Waals surface area (Å²) in [6.07, 6.45) is 0. The number of amides is 1. The molecule has 0 bridgehead atoms. The van der Waals surface area contributed by atoms with Gasteiger partial charge in [-0.15, -0.1) is 0 Å². The topological polar surface area (TPSA) is 50.4 Å². The van der Waals surface area contributed by atoms with E-state index in [1.165, 1.54) is 0 Å². The fourth-order valence-electron chi connectivity index (χ4n) is 1.73. The lowest BCUT2D eigenvalue weighted by atomic mass is 10.0. The monoisotopic (exact) mass is 236 g/mol. The van der Waals surface area contributed by atoms with E-state index in [0.29, 0.717) is 5.11 Å². The summed E-state index contributed by atoms with van der Waals surface area (Å²) in [6.45, 7) is 1.94. The number of rotatable bonds is 2. The lowest BCUT2D eigenvalue weighted by Crippen LogP contribution is -2.21. The van der Waals surface area contributed by atoms with Gasteiger partial charge in [0.2, 0.25) is 0 Å². The molecule has 16 heavy (non-hydrogen) atoms. The van der Waals surface area contributed by atoms with Crippen molar-refractivity contribution in [1.29, 1.82) is 0 Å². The maximum absolute atomic E-state index is 11.6. The molecule has 1 saturated heterocycles. The molecular formula is C11H12N2O2S. The summed E-state index contributed by atoms with van der Waals surface area (Å²) in [5, 5.41) is 5.86. The second-order valence-corrected chi connectivity index (χ2v) is 4.03. The van der Waals surface area contributed by atoms with Gasteiger partial charge in [0.15, 0.2) is 5.11 Å². The Kier molecular flexibility index (Phi) is 2.78. The highest BCUT2D eigenvalue weighted by molar-refractivity contribution is 7.80. The Hall–Kier alpha value is -1.62. The largest absolute Gasteiger partial charge is 0.496 e. The van der Waals surface area contributed by atoms with E-state index in [2.05, 4.69) is 10.6 Å². The van der Waals surface area contributed by atoms with Gasteiger partial charge >= 0.3 is 0 Å². The van der Waals surface area contributed by atoms with Crippen molar-refractivity contribution in [2.45, 2.75) is 13.0 Å². The van der Waals surface area contributed by atoms with Gasteiger partial charge in [0.05, 0.1) is 7.11 Å². The van der Waals surface area contributed by atoms with Gasteiger partial charge in [0, 0.05) is 0 Å². The average molecular weight is 236 g/mol. The minimum absolute atomic E-state index is 0.116. The average Bonchev–Trinajstić information content (AvgIpc) is 2.58. The number of nitrogens with one attached hydrogen (secondary N) is 2. The van der Waals surface area contributed by atoms with Crippen molar-refractivity contribution < 1.29 is 9.53 Å². The molecule has 1 unspecified atom stereocenters. The smallest absolute Gasteiger partial charge is 0.253 e. The SMILES string of the molecule is COc1ccc(C2NC(=S)NC2=O)cc1C. The van der Waals surface area contributed by atoms with Crippen LogP contribution < -0.4 is 15.4 Å². The first-order chi connectivity index (χ1) is 7.61. The first-order valence-corrected chi connectivity index (χ1v) is 5.28. The third-order valence-electron chi connectivity index (χ3n) is 2.53. The van der Waals surface area contributed by atoms with Crippen LogP contribution in [0.25, 0.3) is 0 Å². The zero-order valence-electron chi connectivity index (χ0n) is 9.03. The van der Waals surface area contributed by atoms with Crippen molar-refractivity contribution in [1.82, 2.24) is 10.6 Å². The molecule has 1 aliphatic heterocycles. The van der Waals surface area contributed by atoms with Crippen LogP contribution in [0.1, 0.15) is 17.2 Å². The highest BCUT2D eigenvalue weighted by Crippen LogP contribution is 2.23. The number of carbonyl (C=O) groups excluding carboxylic acids is 1. The first kappa shape index (κ1) is 10.9. The van der Waals surface area contributed by atoms with Gasteiger partial charge in [-0.05, 0) is 42.4 Å². The van der Waals surface area contributed by atoms with Gasteiger partial charge in [-0.2, -0.15) is 0 Å². The second kappa shape index (κ2) is 4.09. The van der Waals surface area contributed by atoms with E-state index < -0.39 is 6.04 Å². The number of carbonyl (C=O) groups is 1. The van der Waals surface area contributed by atoms with Gasteiger partial charge in [0.1, 0.15) is 11.8 Å². The summed E-state index contributed by atoms with van der Waals surface area (Å²) >= 11 is 4.89. The number of hydrogen-bond acceptors (Lipinski definition) is 3. The Balaban J connectivity index is 2.31. The molecule has 1 atom stereocenters. The normalized spacial score (nSPS) is 19.2. The molecule has 5 heteroatoms. The molecule has 0 aromatic heterocycles. The molecule has 1 aromatic carbocycles. The third kappa shape index (κ3) is 1.86. The second-order valence-electron chi connectivity index (χ2n) is 3.62. The quantitative estimate of drug-likeness (QED) is 0.754. The number of benzene rings is 1. The van der Waals surface area contributed by atoms with Crippen molar-refractivity contribution in [3.63, 3.8) is 0 Å². The fraction of sp³-hybridized carbons (Fsp3) is 0.273. The van der Waals surface area contributed by atoms with Crippen LogP contribution in [-0.2, 0) is 4.79 Å². The molecule has 0 aliphatic carbocycles. The van der Waals surface area contributed by atoms with Crippen molar-refractivity contribution in [3.8, 4) is 5.75 Å². The van der Waals surface area contributed by atoms with Gasteiger partial charge in [-0.25, -0.2) is 0 Å². The van der Waals surface area contributed by atoms with Gasteiger partial charge in [0.25, 0.3) is 5.91 Å². The van der Waals surface area contributed by atoms with Crippen LogP contribution in [-0.4, -0.2) is 18.1 Å². The molecule has 1 heterocycles. The molecule has 1 aromatic rings. The zero-order valence-corrected chi connectivity index (χ0v) is 9.85. The van der Waals surface area contributed by atoms with E-state index in [1.54, 1.807) is 7.11 Å². The Morgan fingerprint density at radius 1 is 1.44 bits per heavy atom. The summed E-state index contributed by atoms with van der Waals surface area (Å²) in [7, 11) is 1.62. The summed E-state index contributed by atoms with van der Waals surface area (Å²) in [5.74, 6) is 0.694. The van der Waals surface area contributed by atoms with Crippen molar-refractivity contribution in [3.05, 3.63) is 29.3 Å². The Labute approximate surface area is 99.0 Å². The molecular weight excluding hydrogens is 224 g/mol. The van der Waals surface area contributed by atoms with Crippen LogP contribution in [0.4, 0.5) is 0 Å². The number of ether oxygens (including phenoxy) is 1. The molecule has 2 N–H and O–H groups in total. The van der Waals surface area contributed by atoms with Crippen molar-refractivity contribution in [2.75, 3.05) is 7.11 Å². The minimum atomic E-state index is -0.392. The van der Waals surface area contributed by atoms with Gasteiger partial charge in [-0.1, -0.05) is 6.07 Å². The van der Waals surface area contributed by atoms with Gasteiger partial charge < -0.3 is 15.4 Å². The lowest BCUT2D eigenvalue weighted by molar-refractivity contribution is -0.120. The number of hydrogen-bond donors (Lipinski definition) is 2. The molecule has 0 saturated carbocycles. The van der Waals surface area contributed by atoms with Crippen LogP contribution in [0.2, 0.25) is 0 Å². The van der Waals surface area contributed by atoms with Crippen LogP contribution in [0, 0.1) is 6.92 Å². The standard InChI is InChI=1S/C11H12N2O2S/c1-6-5-7(3-4-8(6)15-2)9-10(14)13-11(16)12-9/h3-5,9H,1-2H3,(H2,12,13,14,16). The van der Waals surface area contributed by atoms with Crippen molar-refractivity contribution in [2.24, 2.45) is 0 Å². The number of aryl methyl sites for hydroxylation is 1. The van der Waals surface area contributed by atoms with Crippen LogP contribution in [0.5, 0.6) is 5.75 Å². The fourth-order valence-corrected chi connectivity index (χ4v) is 1.95. The molecule has 2 rings (SSSR count). The Bertz CT molecular complexity index is 459. The Morgan fingerprint density at radius 3 is 2.69 bits per heavy atom. The zero-order chi connectivity index (χ0) is 11.7. The summed E-state index contributed by atoms with van der Waals surface area (Å²) in [4.78, 5) is 11.6. The predicted octanol–water partition coefficient (Wildman–Crippen LogP) is 1.05. The van der Waals surface area contributed by atoms with E-state index in [1.807, 2.05) is 25.1 Å².